The number of nitrogens with one attached hydrogen (secondary N) is 4. The van der Waals surface area contributed by atoms with E-state index in [0.29, 0.717) is 12.6 Å². The second-order valence-corrected chi connectivity index (χ2v) is 12.0. The first kappa shape index (κ1) is 30.2. The third-order valence-electron chi connectivity index (χ3n) is 8.57. The molecule has 2 aliphatic rings. The predicted molar refractivity (Wildman–Crippen MR) is 172 cm³/mol. The van der Waals surface area contributed by atoms with Crippen LogP contribution < -0.4 is 10.6 Å². The van der Waals surface area contributed by atoms with Crippen LogP contribution in [0.2, 0.25) is 0 Å². The standard InChI is InChI=1S/C35H39N7O3/c1-22(2)31(41-35(44)45-3)34(43)42-19-5-7-30(42)33-38-21-29(40-33)26-16-12-24(13-17-26)9-8-23-10-14-25(15-11-23)28-20-37-32(39-28)27-6-4-18-36-27/h10-17,20-22,27,30-31,36H,4-7,18-19H2,1-3H3,(H,37,39)(H,38,40)(H,41,44)/t27-,30-,31?/m0/s1. The topological polar surface area (TPSA) is 128 Å². The maximum absolute atomic E-state index is 13.4. The highest BCUT2D eigenvalue weighted by Gasteiger charge is 2.37. The summed E-state index contributed by atoms with van der Waals surface area (Å²) in [6.45, 7) is 5.47. The number of methoxy groups -OCH3 is 1. The molecule has 0 aliphatic carbocycles. The highest BCUT2D eigenvalue weighted by atomic mass is 16.5. The third-order valence-corrected chi connectivity index (χ3v) is 8.57. The van der Waals surface area contributed by atoms with Crippen molar-refractivity contribution in [3.8, 4) is 34.4 Å². The lowest BCUT2D eigenvalue weighted by atomic mass is 10.0. The summed E-state index contributed by atoms with van der Waals surface area (Å²) in [5.74, 6) is 8.05. The molecule has 0 radical (unpaired) electrons. The largest absolute Gasteiger partial charge is 0.453 e. The molecule has 2 aliphatic heterocycles. The molecule has 2 aromatic carbocycles. The van der Waals surface area contributed by atoms with E-state index in [9.17, 15) is 9.59 Å². The molecule has 0 saturated carbocycles. The van der Waals surface area contributed by atoms with E-state index in [2.05, 4.69) is 54.5 Å². The molecule has 2 saturated heterocycles. The average molecular weight is 606 g/mol. The molecule has 6 rings (SSSR count). The van der Waals surface area contributed by atoms with Crippen LogP contribution >= 0.6 is 0 Å². The van der Waals surface area contributed by atoms with Gasteiger partial charge in [-0.3, -0.25) is 4.79 Å². The zero-order valence-corrected chi connectivity index (χ0v) is 25.9. The van der Waals surface area contributed by atoms with Gasteiger partial charge in [0.25, 0.3) is 0 Å². The number of carbonyl (C=O) groups is 2. The van der Waals surface area contributed by atoms with Crippen LogP contribution in [0, 0.1) is 17.8 Å². The van der Waals surface area contributed by atoms with Gasteiger partial charge in [-0.1, -0.05) is 50.0 Å². The molecule has 10 nitrogen and oxygen atoms in total. The Labute approximate surface area is 263 Å². The van der Waals surface area contributed by atoms with Crippen molar-refractivity contribution in [2.24, 2.45) is 5.92 Å². The zero-order valence-electron chi connectivity index (χ0n) is 25.9. The summed E-state index contributed by atoms with van der Waals surface area (Å²) in [6, 6.07) is 15.7. The molecule has 2 amide bonds. The van der Waals surface area contributed by atoms with Gasteiger partial charge in [-0.2, -0.15) is 0 Å². The van der Waals surface area contributed by atoms with E-state index < -0.39 is 12.1 Å². The first-order valence-electron chi connectivity index (χ1n) is 15.6. The molecule has 4 heterocycles. The maximum Gasteiger partial charge on any atom is 0.407 e. The fourth-order valence-electron chi connectivity index (χ4n) is 6.03. The number of carbonyl (C=O) groups excluding carboxylic acids is 2. The number of alkyl carbamates (subject to hydrolysis) is 1. The summed E-state index contributed by atoms with van der Waals surface area (Å²) >= 11 is 0. The van der Waals surface area contributed by atoms with Crippen LogP contribution in [0.4, 0.5) is 4.79 Å². The van der Waals surface area contributed by atoms with Crippen LogP contribution in [-0.2, 0) is 9.53 Å². The summed E-state index contributed by atoms with van der Waals surface area (Å²) in [7, 11) is 1.30. The molecule has 4 N–H and O–H groups in total. The number of nitrogens with zero attached hydrogens (tertiary/aromatic N) is 3. The van der Waals surface area contributed by atoms with Gasteiger partial charge in [0.2, 0.25) is 5.91 Å². The number of aromatic amines is 2. The molecule has 0 spiro atoms. The lowest BCUT2D eigenvalue weighted by Crippen LogP contribution is -2.51. The molecule has 4 aromatic rings. The Morgan fingerprint density at radius 1 is 0.889 bits per heavy atom. The highest BCUT2D eigenvalue weighted by Crippen LogP contribution is 2.33. The van der Waals surface area contributed by atoms with E-state index in [1.54, 1.807) is 6.20 Å². The van der Waals surface area contributed by atoms with Crippen LogP contribution in [0.25, 0.3) is 22.5 Å². The van der Waals surface area contributed by atoms with E-state index in [-0.39, 0.29) is 17.9 Å². The Morgan fingerprint density at radius 2 is 1.49 bits per heavy atom. The Bertz CT molecular complexity index is 1690. The Kier molecular flexibility index (Phi) is 8.98. The molecule has 10 heteroatoms. The van der Waals surface area contributed by atoms with Crippen LogP contribution in [-0.4, -0.2) is 63.1 Å². The van der Waals surface area contributed by atoms with Gasteiger partial charge in [-0.05, 0) is 73.5 Å². The lowest BCUT2D eigenvalue weighted by Gasteiger charge is -2.30. The third kappa shape index (κ3) is 6.79. The van der Waals surface area contributed by atoms with Crippen molar-refractivity contribution in [2.45, 2.75) is 57.7 Å². The number of benzene rings is 2. The fourth-order valence-corrected chi connectivity index (χ4v) is 6.03. The maximum atomic E-state index is 13.4. The number of rotatable bonds is 7. The van der Waals surface area contributed by atoms with Gasteiger partial charge in [-0.15, -0.1) is 0 Å². The number of hydrogen-bond donors (Lipinski definition) is 4. The van der Waals surface area contributed by atoms with Crippen molar-refractivity contribution in [3.63, 3.8) is 0 Å². The first-order valence-corrected chi connectivity index (χ1v) is 15.6. The van der Waals surface area contributed by atoms with E-state index >= 15 is 0 Å². The molecule has 1 unspecified atom stereocenters. The van der Waals surface area contributed by atoms with Gasteiger partial charge >= 0.3 is 6.09 Å². The highest BCUT2D eigenvalue weighted by molar-refractivity contribution is 5.86. The lowest BCUT2D eigenvalue weighted by molar-refractivity contribution is -0.135. The molecule has 2 aromatic heterocycles. The van der Waals surface area contributed by atoms with Crippen molar-refractivity contribution in [1.82, 2.24) is 35.5 Å². The minimum Gasteiger partial charge on any atom is -0.453 e. The van der Waals surface area contributed by atoms with E-state index in [1.165, 1.54) is 13.5 Å². The van der Waals surface area contributed by atoms with Gasteiger partial charge in [0.1, 0.15) is 17.7 Å². The van der Waals surface area contributed by atoms with Gasteiger partial charge in [-0.25, -0.2) is 14.8 Å². The number of hydrogen-bond acceptors (Lipinski definition) is 6. The van der Waals surface area contributed by atoms with Crippen molar-refractivity contribution in [3.05, 3.63) is 83.7 Å². The summed E-state index contributed by atoms with van der Waals surface area (Å²) in [6.07, 6.45) is 7.06. The van der Waals surface area contributed by atoms with Crippen molar-refractivity contribution in [1.29, 1.82) is 0 Å². The van der Waals surface area contributed by atoms with Crippen LogP contribution in [0.15, 0.2) is 60.9 Å². The summed E-state index contributed by atoms with van der Waals surface area (Å²) in [4.78, 5) is 43.2. The van der Waals surface area contributed by atoms with Gasteiger partial charge in [0.15, 0.2) is 0 Å². The fraction of sp³-hybridized carbons (Fsp3) is 0.371. The summed E-state index contributed by atoms with van der Waals surface area (Å²) < 4.78 is 4.73. The van der Waals surface area contributed by atoms with E-state index in [1.807, 2.05) is 61.3 Å². The molecular formula is C35H39N7O3. The molecular weight excluding hydrogens is 566 g/mol. The number of aromatic nitrogens is 4. The summed E-state index contributed by atoms with van der Waals surface area (Å²) in [5.41, 5.74) is 5.81. The normalized spacial score (nSPS) is 18.4. The zero-order chi connectivity index (χ0) is 31.3. The van der Waals surface area contributed by atoms with E-state index in [0.717, 1.165) is 71.1 Å². The van der Waals surface area contributed by atoms with Crippen molar-refractivity contribution in [2.75, 3.05) is 20.2 Å². The minimum absolute atomic E-state index is 0.0829. The number of imidazole rings is 2. The molecule has 0 bridgehead atoms. The van der Waals surface area contributed by atoms with Crippen LogP contribution in [0.3, 0.4) is 0 Å². The molecule has 45 heavy (non-hydrogen) atoms. The van der Waals surface area contributed by atoms with Crippen LogP contribution in [0.1, 0.15) is 74.4 Å². The number of H-pyrrole nitrogens is 2. The Hall–Kier alpha value is -4.88. The second-order valence-electron chi connectivity index (χ2n) is 12.0. The Balaban J connectivity index is 1.09. The smallest absolute Gasteiger partial charge is 0.407 e. The van der Waals surface area contributed by atoms with Gasteiger partial charge in [0.05, 0.1) is 43.0 Å². The molecule has 3 atom stereocenters. The van der Waals surface area contributed by atoms with Gasteiger partial charge < -0.3 is 30.2 Å². The predicted octanol–water partition coefficient (Wildman–Crippen LogP) is 5.34. The second kappa shape index (κ2) is 13.4. The van der Waals surface area contributed by atoms with Gasteiger partial charge in [0, 0.05) is 17.7 Å². The monoisotopic (exact) mass is 605 g/mol. The number of amides is 2. The van der Waals surface area contributed by atoms with Crippen molar-refractivity contribution >= 4 is 12.0 Å². The van der Waals surface area contributed by atoms with E-state index in [4.69, 9.17) is 4.74 Å². The van der Waals surface area contributed by atoms with Crippen LogP contribution in [0.5, 0.6) is 0 Å². The Morgan fingerprint density at radius 3 is 2.04 bits per heavy atom. The molecule has 2 fully saturated rings. The minimum atomic E-state index is -0.664. The first-order chi connectivity index (χ1) is 21.9. The number of ether oxygens (including phenoxy) is 1. The molecule has 232 valence electrons. The van der Waals surface area contributed by atoms with Crippen molar-refractivity contribution < 1.29 is 14.3 Å². The summed E-state index contributed by atoms with van der Waals surface area (Å²) in [5, 5.41) is 6.17. The SMILES string of the molecule is COC(=O)NC(C(=O)N1CCC[C@H]1c1ncc(-c2ccc(C#Cc3ccc(-c4cnc([C@@H]5CCCN5)[nH]4)cc3)cc2)[nH]1)C(C)C. The average Bonchev–Trinajstić information content (AvgIpc) is 3.89. The number of likely N-dealkylation sites (tertiary alicyclic amines) is 1. The quantitative estimate of drug-likeness (QED) is 0.211.